The maximum atomic E-state index is 12.6. The SMILES string of the molecule is CS/C(=N\S(=O)(=O)c1cc(C)c(Cl)cc1Cl)NNc1cnc2ccccc2n1. The summed E-state index contributed by atoms with van der Waals surface area (Å²) in [6.07, 6.45) is 3.21. The number of rotatable bonds is 4. The number of thioether (sulfide) groups is 1. The van der Waals surface area contributed by atoms with Crippen LogP contribution in [0.3, 0.4) is 0 Å². The lowest BCUT2D eigenvalue weighted by Crippen LogP contribution is -2.28. The van der Waals surface area contributed by atoms with Gasteiger partial charge in [0.2, 0.25) is 0 Å². The van der Waals surface area contributed by atoms with Crippen molar-refractivity contribution in [1.29, 1.82) is 0 Å². The van der Waals surface area contributed by atoms with Gasteiger partial charge in [0, 0.05) is 5.02 Å². The van der Waals surface area contributed by atoms with Crippen LogP contribution in [0.1, 0.15) is 5.56 Å². The van der Waals surface area contributed by atoms with Gasteiger partial charge in [0.05, 0.1) is 22.3 Å². The third-order valence-electron chi connectivity index (χ3n) is 3.63. The van der Waals surface area contributed by atoms with Gasteiger partial charge in [0.1, 0.15) is 4.90 Å². The summed E-state index contributed by atoms with van der Waals surface area (Å²) in [5.74, 6) is 0.415. The molecule has 1 heterocycles. The summed E-state index contributed by atoms with van der Waals surface area (Å²) in [7, 11) is -4.04. The fourth-order valence-electron chi connectivity index (χ4n) is 2.23. The van der Waals surface area contributed by atoms with Crippen LogP contribution >= 0.6 is 35.0 Å². The first-order chi connectivity index (χ1) is 13.3. The summed E-state index contributed by atoms with van der Waals surface area (Å²) in [5.41, 5.74) is 7.58. The molecule has 146 valence electrons. The van der Waals surface area contributed by atoms with E-state index in [0.29, 0.717) is 21.9 Å². The molecule has 3 aromatic rings. The second kappa shape index (κ2) is 8.52. The van der Waals surface area contributed by atoms with Crippen LogP contribution in [0, 0.1) is 6.92 Å². The number of nitrogens with zero attached hydrogens (tertiary/aromatic N) is 3. The maximum absolute atomic E-state index is 12.6. The number of hydrogen-bond donors (Lipinski definition) is 2. The van der Waals surface area contributed by atoms with Gasteiger partial charge in [-0.15, -0.1) is 4.40 Å². The van der Waals surface area contributed by atoms with E-state index in [0.717, 1.165) is 17.3 Å². The number of hydrogen-bond acceptors (Lipinski definition) is 6. The van der Waals surface area contributed by atoms with Crippen LogP contribution in [0.4, 0.5) is 5.82 Å². The maximum Gasteiger partial charge on any atom is 0.286 e. The largest absolute Gasteiger partial charge is 0.286 e. The molecule has 0 aliphatic rings. The van der Waals surface area contributed by atoms with Crippen molar-refractivity contribution in [3.05, 3.63) is 58.2 Å². The highest BCUT2D eigenvalue weighted by Crippen LogP contribution is 2.29. The molecule has 0 aliphatic heterocycles. The average Bonchev–Trinajstić information content (AvgIpc) is 2.67. The number of aryl methyl sites for hydroxylation is 1. The van der Waals surface area contributed by atoms with Gasteiger partial charge in [-0.25, -0.2) is 4.98 Å². The highest BCUT2D eigenvalue weighted by molar-refractivity contribution is 8.13. The normalized spacial score (nSPS) is 12.2. The Labute approximate surface area is 176 Å². The zero-order valence-electron chi connectivity index (χ0n) is 14.8. The number of nitrogens with one attached hydrogen (secondary N) is 2. The van der Waals surface area contributed by atoms with Crippen LogP contribution in [0.2, 0.25) is 10.0 Å². The van der Waals surface area contributed by atoms with E-state index in [4.69, 9.17) is 23.2 Å². The standard InChI is InChI=1S/C17H15Cl2N5O2S2/c1-10-7-15(12(19)8-11(10)18)28(25,26)24-17(27-2)23-22-16-9-20-13-5-3-4-6-14(13)21-16/h3-9H,1-2H3,(H,21,22)(H,23,24). The average molecular weight is 456 g/mol. The number of fused-ring (bicyclic) bond motifs is 1. The number of hydrazine groups is 1. The molecule has 0 atom stereocenters. The molecule has 2 aromatic carbocycles. The monoisotopic (exact) mass is 455 g/mol. The van der Waals surface area contributed by atoms with Crippen LogP contribution in [0.5, 0.6) is 0 Å². The fourth-order valence-corrected chi connectivity index (χ4v) is 4.65. The minimum atomic E-state index is -4.04. The second-order valence-corrected chi connectivity index (χ2v) is 8.78. The molecule has 0 aliphatic carbocycles. The predicted octanol–water partition coefficient (Wildman–Crippen LogP) is 4.27. The highest BCUT2D eigenvalue weighted by Gasteiger charge is 2.20. The number of amidine groups is 1. The van der Waals surface area contributed by atoms with Gasteiger partial charge >= 0.3 is 0 Å². The molecule has 0 saturated heterocycles. The Bertz CT molecular complexity index is 1170. The van der Waals surface area contributed by atoms with E-state index in [-0.39, 0.29) is 15.1 Å². The summed E-state index contributed by atoms with van der Waals surface area (Å²) < 4.78 is 29.1. The van der Waals surface area contributed by atoms with Crippen LogP contribution in [0.25, 0.3) is 11.0 Å². The third kappa shape index (κ3) is 4.67. The summed E-state index contributed by atoms with van der Waals surface area (Å²) in [6, 6.07) is 10.2. The minimum absolute atomic E-state index is 0.00755. The van der Waals surface area contributed by atoms with Gasteiger partial charge < -0.3 is 0 Å². The first kappa shape index (κ1) is 20.7. The fraction of sp³-hybridized carbons (Fsp3) is 0.118. The van der Waals surface area contributed by atoms with Crippen LogP contribution < -0.4 is 10.9 Å². The molecule has 0 bridgehead atoms. The molecule has 0 radical (unpaired) electrons. The number of para-hydroxylation sites is 2. The molecule has 0 fully saturated rings. The van der Waals surface area contributed by atoms with Gasteiger partial charge in [0.15, 0.2) is 11.0 Å². The van der Waals surface area contributed by atoms with Crippen LogP contribution in [-0.2, 0) is 10.0 Å². The first-order valence-electron chi connectivity index (χ1n) is 7.88. The Hall–Kier alpha value is -2.07. The molecule has 0 spiro atoms. The summed E-state index contributed by atoms with van der Waals surface area (Å²) in [4.78, 5) is 8.55. The van der Waals surface area contributed by atoms with Crippen LogP contribution in [0.15, 0.2) is 51.9 Å². The molecular weight excluding hydrogens is 441 g/mol. The molecule has 1 aromatic heterocycles. The second-order valence-electron chi connectivity index (χ2n) is 5.60. The molecule has 11 heteroatoms. The Kier molecular flexibility index (Phi) is 6.29. The first-order valence-corrected chi connectivity index (χ1v) is 11.3. The van der Waals surface area contributed by atoms with Crippen molar-refractivity contribution < 1.29 is 8.42 Å². The molecule has 0 amide bonds. The Morgan fingerprint density at radius 2 is 1.86 bits per heavy atom. The number of sulfonamides is 1. The lowest BCUT2D eigenvalue weighted by atomic mass is 10.2. The number of aromatic nitrogens is 2. The number of anilines is 1. The topological polar surface area (TPSA) is 96.3 Å². The Morgan fingerprint density at radius 3 is 2.57 bits per heavy atom. The van der Waals surface area contributed by atoms with Crippen molar-refractivity contribution in [2.24, 2.45) is 4.40 Å². The third-order valence-corrected chi connectivity index (χ3v) is 6.48. The van der Waals surface area contributed by atoms with Gasteiger partial charge in [-0.3, -0.25) is 15.8 Å². The molecular formula is C17H15Cl2N5O2S2. The zero-order valence-corrected chi connectivity index (χ0v) is 17.9. The van der Waals surface area contributed by atoms with Crippen LogP contribution in [-0.4, -0.2) is 29.8 Å². The lowest BCUT2D eigenvalue weighted by molar-refractivity contribution is 0.598. The van der Waals surface area contributed by atoms with Crippen molar-refractivity contribution in [2.45, 2.75) is 11.8 Å². The van der Waals surface area contributed by atoms with E-state index in [1.165, 1.54) is 18.3 Å². The van der Waals surface area contributed by atoms with E-state index in [9.17, 15) is 8.42 Å². The van der Waals surface area contributed by atoms with E-state index in [1.54, 1.807) is 13.2 Å². The van der Waals surface area contributed by atoms with E-state index < -0.39 is 10.0 Å². The highest BCUT2D eigenvalue weighted by atomic mass is 35.5. The Morgan fingerprint density at radius 1 is 1.14 bits per heavy atom. The summed E-state index contributed by atoms with van der Waals surface area (Å²) in [5, 5.41) is 0.500. The van der Waals surface area contributed by atoms with Crippen molar-refractivity contribution in [1.82, 2.24) is 15.4 Å². The van der Waals surface area contributed by atoms with Gasteiger partial charge in [-0.2, -0.15) is 8.42 Å². The molecule has 0 saturated carbocycles. The quantitative estimate of drug-likeness (QED) is 0.344. The lowest BCUT2D eigenvalue weighted by Gasteiger charge is -2.11. The van der Waals surface area contributed by atoms with E-state index >= 15 is 0 Å². The number of benzene rings is 2. The van der Waals surface area contributed by atoms with Crippen molar-refractivity contribution >= 4 is 67.0 Å². The summed E-state index contributed by atoms with van der Waals surface area (Å²) >= 11 is 13.1. The molecule has 2 N–H and O–H groups in total. The molecule has 0 unspecified atom stereocenters. The van der Waals surface area contributed by atoms with E-state index in [1.807, 2.05) is 24.3 Å². The van der Waals surface area contributed by atoms with Crippen molar-refractivity contribution in [3.8, 4) is 0 Å². The van der Waals surface area contributed by atoms with Crippen molar-refractivity contribution in [2.75, 3.05) is 11.7 Å². The smallest absolute Gasteiger partial charge is 0.281 e. The molecule has 7 nitrogen and oxygen atoms in total. The zero-order chi connectivity index (χ0) is 20.3. The van der Waals surface area contributed by atoms with E-state index in [2.05, 4.69) is 25.2 Å². The van der Waals surface area contributed by atoms with Gasteiger partial charge in [-0.1, -0.05) is 47.1 Å². The number of halogens is 2. The summed E-state index contributed by atoms with van der Waals surface area (Å²) in [6.45, 7) is 1.69. The van der Waals surface area contributed by atoms with Crippen molar-refractivity contribution in [3.63, 3.8) is 0 Å². The van der Waals surface area contributed by atoms with Gasteiger partial charge in [-0.05, 0) is 43.0 Å². The Balaban J connectivity index is 1.83. The predicted molar refractivity (Wildman–Crippen MR) is 116 cm³/mol. The molecule has 3 rings (SSSR count). The molecule has 28 heavy (non-hydrogen) atoms. The van der Waals surface area contributed by atoms with Gasteiger partial charge in [0.25, 0.3) is 10.0 Å². The minimum Gasteiger partial charge on any atom is -0.281 e.